The van der Waals surface area contributed by atoms with Gasteiger partial charge in [0.05, 0.1) is 33.5 Å². The van der Waals surface area contributed by atoms with Crippen molar-refractivity contribution >= 4 is 45.0 Å². The smallest absolute Gasteiger partial charge is 0.256 e. The number of para-hydroxylation sites is 2. The van der Waals surface area contributed by atoms with E-state index in [9.17, 15) is 9.59 Å². The molecule has 2 amide bonds. The number of amides is 2. The molecule has 2 aromatic heterocycles. The van der Waals surface area contributed by atoms with E-state index in [1.165, 1.54) is 11.1 Å². The third-order valence-electron chi connectivity index (χ3n) is 8.91. The number of pyridine rings is 2. The van der Waals surface area contributed by atoms with Gasteiger partial charge in [-0.05, 0) is 105 Å². The van der Waals surface area contributed by atoms with Crippen molar-refractivity contribution in [2.24, 2.45) is 0 Å². The molecule has 7 rings (SSSR count). The lowest BCUT2D eigenvalue weighted by Gasteiger charge is -2.13. The molecule has 0 saturated carbocycles. The Hall–Kier alpha value is -6.14. The molecular weight excluding hydrogens is 592 g/mol. The van der Waals surface area contributed by atoms with Crippen LogP contribution in [0.15, 0.2) is 121 Å². The summed E-state index contributed by atoms with van der Waals surface area (Å²) < 4.78 is 0. The van der Waals surface area contributed by atoms with Gasteiger partial charge in [0.2, 0.25) is 0 Å². The molecule has 0 atom stereocenters. The molecule has 0 fully saturated rings. The molecule has 2 heterocycles. The van der Waals surface area contributed by atoms with Gasteiger partial charge in [0.25, 0.3) is 11.8 Å². The number of nitrogens with one attached hydrogen (secondary N) is 2. The van der Waals surface area contributed by atoms with Crippen LogP contribution in [0.4, 0.5) is 11.4 Å². The van der Waals surface area contributed by atoms with Crippen molar-refractivity contribution in [3.05, 3.63) is 155 Å². The van der Waals surface area contributed by atoms with Crippen LogP contribution < -0.4 is 10.6 Å². The molecule has 5 aromatic carbocycles. The van der Waals surface area contributed by atoms with Gasteiger partial charge in [0.15, 0.2) is 0 Å². The second kappa shape index (κ2) is 12.6. The Morgan fingerprint density at radius 2 is 0.896 bits per heavy atom. The number of rotatable bonds is 6. The summed E-state index contributed by atoms with van der Waals surface area (Å²) in [7, 11) is 0. The Bertz CT molecular complexity index is 2230. The zero-order valence-electron chi connectivity index (χ0n) is 27.3. The first-order valence-corrected chi connectivity index (χ1v) is 15.9. The van der Waals surface area contributed by atoms with Gasteiger partial charge < -0.3 is 10.6 Å². The molecule has 48 heavy (non-hydrogen) atoms. The fraction of sp³-hybridized carbons (Fsp3) is 0.0952. The van der Waals surface area contributed by atoms with Gasteiger partial charge in [0, 0.05) is 33.3 Å². The number of fused-ring (bicyclic) bond motifs is 2. The lowest BCUT2D eigenvalue weighted by molar-refractivity contribution is 0.102. The number of hydrogen-bond acceptors (Lipinski definition) is 4. The number of carbonyl (C=O) groups is 2. The van der Waals surface area contributed by atoms with Crippen LogP contribution in [-0.4, -0.2) is 21.8 Å². The van der Waals surface area contributed by atoms with Crippen molar-refractivity contribution in [1.82, 2.24) is 9.97 Å². The molecule has 0 bridgehead atoms. The largest absolute Gasteiger partial charge is 0.322 e. The van der Waals surface area contributed by atoms with E-state index in [1.807, 2.05) is 78.9 Å². The fourth-order valence-corrected chi connectivity index (χ4v) is 5.90. The minimum atomic E-state index is -0.264. The van der Waals surface area contributed by atoms with Crippen molar-refractivity contribution in [3.63, 3.8) is 0 Å². The minimum absolute atomic E-state index is 0.264. The molecule has 2 N–H and O–H groups in total. The molecule has 0 aliphatic carbocycles. The second-order valence-corrected chi connectivity index (χ2v) is 12.2. The van der Waals surface area contributed by atoms with Crippen LogP contribution in [0.25, 0.3) is 44.3 Å². The van der Waals surface area contributed by atoms with Gasteiger partial charge in [-0.25, -0.2) is 9.97 Å². The van der Waals surface area contributed by atoms with E-state index in [0.29, 0.717) is 22.5 Å². The van der Waals surface area contributed by atoms with E-state index < -0.39 is 0 Å². The first-order valence-electron chi connectivity index (χ1n) is 15.9. The molecule has 0 aliphatic rings. The second-order valence-electron chi connectivity index (χ2n) is 12.2. The van der Waals surface area contributed by atoms with Crippen molar-refractivity contribution < 1.29 is 9.59 Å². The molecule has 0 aliphatic heterocycles. The molecule has 7 aromatic rings. The molecule has 0 spiro atoms. The lowest BCUT2D eigenvalue weighted by atomic mass is 10.0. The predicted molar refractivity (Wildman–Crippen MR) is 196 cm³/mol. The van der Waals surface area contributed by atoms with E-state index in [-0.39, 0.29) is 11.8 Å². The summed E-state index contributed by atoms with van der Waals surface area (Å²) in [6.07, 6.45) is 0. The van der Waals surface area contributed by atoms with E-state index in [0.717, 1.165) is 55.4 Å². The summed E-state index contributed by atoms with van der Waals surface area (Å²) >= 11 is 0. The average molecular weight is 627 g/mol. The highest BCUT2D eigenvalue weighted by Crippen LogP contribution is 2.29. The summed E-state index contributed by atoms with van der Waals surface area (Å²) in [5.41, 5.74) is 11.7. The molecule has 0 saturated heterocycles. The van der Waals surface area contributed by atoms with Crippen molar-refractivity contribution in [2.45, 2.75) is 27.7 Å². The van der Waals surface area contributed by atoms with Crippen LogP contribution in [0.2, 0.25) is 0 Å². The van der Waals surface area contributed by atoms with Gasteiger partial charge in [-0.1, -0.05) is 66.7 Å². The van der Waals surface area contributed by atoms with Crippen LogP contribution in [0, 0.1) is 27.7 Å². The molecular formula is C42H34N4O2. The minimum Gasteiger partial charge on any atom is -0.322 e. The van der Waals surface area contributed by atoms with Gasteiger partial charge in [0.1, 0.15) is 0 Å². The van der Waals surface area contributed by atoms with Crippen LogP contribution in [-0.2, 0) is 0 Å². The third-order valence-corrected chi connectivity index (χ3v) is 8.91. The number of carbonyl (C=O) groups excluding carboxylic acids is 2. The van der Waals surface area contributed by atoms with E-state index >= 15 is 0 Å². The van der Waals surface area contributed by atoms with Crippen LogP contribution in [0.5, 0.6) is 0 Å². The Kier molecular flexibility index (Phi) is 7.99. The highest BCUT2D eigenvalue weighted by atomic mass is 16.2. The summed E-state index contributed by atoms with van der Waals surface area (Å²) in [5, 5.41) is 7.61. The maximum absolute atomic E-state index is 13.8. The molecule has 234 valence electrons. The lowest BCUT2D eigenvalue weighted by Crippen LogP contribution is -2.15. The molecule has 6 nitrogen and oxygen atoms in total. The van der Waals surface area contributed by atoms with Crippen LogP contribution >= 0.6 is 0 Å². The fourth-order valence-electron chi connectivity index (χ4n) is 5.90. The number of benzene rings is 5. The Morgan fingerprint density at radius 3 is 1.33 bits per heavy atom. The van der Waals surface area contributed by atoms with Crippen molar-refractivity contribution in [2.75, 3.05) is 10.6 Å². The van der Waals surface area contributed by atoms with Gasteiger partial charge in [-0.15, -0.1) is 0 Å². The summed E-state index contributed by atoms with van der Waals surface area (Å²) in [4.78, 5) is 37.4. The number of anilines is 2. The number of aryl methyl sites for hydroxylation is 4. The van der Waals surface area contributed by atoms with Gasteiger partial charge in [-0.2, -0.15) is 0 Å². The monoisotopic (exact) mass is 626 g/mol. The topological polar surface area (TPSA) is 84.0 Å². The van der Waals surface area contributed by atoms with Crippen LogP contribution in [0.1, 0.15) is 43.0 Å². The predicted octanol–water partition coefficient (Wildman–Crippen LogP) is 9.86. The quantitative estimate of drug-likeness (QED) is 0.192. The molecule has 6 heteroatoms. The number of aromatic nitrogens is 2. The summed E-state index contributed by atoms with van der Waals surface area (Å²) in [6.45, 7) is 8.29. The standard InChI is InChI=1S/C42H34N4O2/c1-25-16-18-29(20-27(25)3)39-23-35(33-12-5-7-14-37(33)45-39)41(47)43-31-10-9-11-32(22-31)44-42(48)36-24-40(30-19-17-26(2)28(4)21-30)46-38-15-8-6-13-34(36)38/h5-24H,1-4H3,(H,43,47)(H,44,48). The van der Waals surface area contributed by atoms with E-state index in [4.69, 9.17) is 9.97 Å². The normalized spacial score (nSPS) is 11.1. The number of nitrogens with zero attached hydrogens (tertiary/aromatic N) is 2. The third kappa shape index (κ3) is 6.04. The first-order chi connectivity index (χ1) is 23.2. The van der Waals surface area contributed by atoms with Crippen molar-refractivity contribution in [1.29, 1.82) is 0 Å². The Balaban J connectivity index is 1.18. The summed E-state index contributed by atoms with van der Waals surface area (Å²) in [5.74, 6) is -0.527. The maximum Gasteiger partial charge on any atom is 0.256 e. The Labute approximate surface area is 279 Å². The SMILES string of the molecule is Cc1ccc(-c2cc(C(=O)Nc3cccc(NC(=O)c4cc(-c5ccc(C)c(C)c5)nc5ccccc45)c3)c3ccccc3n2)cc1C. The number of hydrogen-bond donors (Lipinski definition) is 2. The van der Waals surface area contributed by atoms with Gasteiger partial charge >= 0.3 is 0 Å². The summed E-state index contributed by atoms with van der Waals surface area (Å²) in [6, 6.07) is 38.6. The molecule has 0 unspecified atom stereocenters. The zero-order chi connectivity index (χ0) is 33.4. The van der Waals surface area contributed by atoms with E-state index in [1.54, 1.807) is 18.2 Å². The highest BCUT2D eigenvalue weighted by molar-refractivity contribution is 6.15. The van der Waals surface area contributed by atoms with Crippen LogP contribution in [0.3, 0.4) is 0 Å². The first kappa shape index (κ1) is 30.5. The molecule has 0 radical (unpaired) electrons. The maximum atomic E-state index is 13.8. The highest BCUT2D eigenvalue weighted by Gasteiger charge is 2.17. The van der Waals surface area contributed by atoms with E-state index in [2.05, 4.69) is 62.6 Å². The Morgan fingerprint density at radius 1 is 0.458 bits per heavy atom. The van der Waals surface area contributed by atoms with Gasteiger partial charge in [-0.3, -0.25) is 9.59 Å². The average Bonchev–Trinajstić information content (AvgIpc) is 3.09. The zero-order valence-corrected chi connectivity index (χ0v) is 27.3. The van der Waals surface area contributed by atoms with Crippen molar-refractivity contribution in [3.8, 4) is 22.5 Å².